The number of hydrogen-bond acceptors (Lipinski definition) is 9. The molecule has 12 heteroatoms. The van der Waals surface area contributed by atoms with Crippen molar-refractivity contribution in [1.29, 1.82) is 0 Å². The van der Waals surface area contributed by atoms with Crippen LogP contribution in [0.3, 0.4) is 0 Å². The summed E-state index contributed by atoms with van der Waals surface area (Å²) < 4.78 is 45.4. The topological polar surface area (TPSA) is 114 Å². The van der Waals surface area contributed by atoms with Crippen molar-refractivity contribution in [3.05, 3.63) is 47.8 Å². The Morgan fingerprint density at radius 2 is 1.91 bits per heavy atom. The quantitative estimate of drug-likeness (QED) is 0.602. The molecule has 4 heterocycles. The lowest BCUT2D eigenvalue weighted by Crippen LogP contribution is -2.37. The minimum atomic E-state index is -4.46. The molecule has 9 nitrogen and oxygen atoms in total. The summed E-state index contributed by atoms with van der Waals surface area (Å²) in [5, 5.41) is 3.51. The molecular weight excluding hydrogens is 449 g/mol. The summed E-state index contributed by atoms with van der Waals surface area (Å²) in [6.45, 7) is 2.75. The van der Waals surface area contributed by atoms with Gasteiger partial charge in [-0.1, -0.05) is 0 Å². The maximum atomic E-state index is 13.3. The summed E-state index contributed by atoms with van der Waals surface area (Å²) in [6.07, 6.45) is -1.24. The molecule has 0 spiro atoms. The van der Waals surface area contributed by atoms with E-state index in [9.17, 15) is 13.2 Å². The number of morpholine rings is 1. The summed E-state index contributed by atoms with van der Waals surface area (Å²) in [6, 6.07) is 6.83. The zero-order valence-electron chi connectivity index (χ0n) is 18.0. The molecule has 176 valence electrons. The third-order valence-electron chi connectivity index (χ3n) is 5.58. The number of anilines is 3. The van der Waals surface area contributed by atoms with Crippen LogP contribution in [0.2, 0.25) is 0 Å². The average molecular weight is 470 g/mol. The Hall–Kier alpha value is -3.80. The fourth-order valence-corrected chi connectivity index (χ4v) is 3.80. The first-order valence-electron chi connectivity index (χ1n) is 10.7. The lowest BCUT2D eigenvalue weighted by Gasteiger charge is -2.28. The number of pyridine rings is 1. The number of nitrogens with zero attached hydrogens (tertiary/aromatic N) is 6. The number of halogens is 3. The highest BCUT2D eigenvalue weighted by Gasteiger charge is 2.30. The van der Waals surface area contributed by atoms with Crippen LogP contribution in [0.1, 0.15) is 17.2 Å². The Balaban J connectivity index is 1.54. The number of fused-ring (bicyclic) bond motifs is 1. The maximum Gasteiger partial charge on any atom is 0.416 e. The molecule has 1 aromatic carbocycles. The number of aromatic nitrogens is 3. The summed E-state index contributed by atoms with van der Waals surface area (Å²) in [5.41, 5.74) is 6.46. The maximum absolute atomic E-state index is 13.3. The smallest absolute Gasteiger partial charge is 0.378 e. The first-order chi connectivity index (χ1) is 16.4. The first-order valence-corrected chi connectivity index (χ1v) is 10.7. The largest absolute Gasteiger partial charge is 0.416 e. The summed E-state index contributed by atoms with van der Waals surface area (Å²) >= 11 is 0. The second kappa shape index (κ2) is 8.86. The van der Waals surface area contributed by atoms with Gasteiger partial charge in [-0.05, 0) is 24.3 Å². The minimum Gasteiger partial charge on any atom is -0.378 e. The van der Waals surface area contributed by atoms with Crippen LogP contribution in [0, 0.1) is 0 Å². The highest BCUT2D eigenvalue weighted by molar-refractivity contribution is 5.93. The van der Waals surface area contributed by atoms with Crippen molar-refractivity contribution in [3.8, 4) is 0 Å². The van der Waals surface area contributed by atoms with E-state index in [0.29, 0.717) is 66.9 Å². The molecular formula is C22H21F3N8O. The van der Waals surface area contributed by atoms with Crippen LogP contribution >= 0.6 is 0 Å². The monoisotopic (exact) mass is 470 g/mol. The van der Waals surface area contributed by atoms with Crippen molar-refractivity contribution in [2.45, 2.75) is 12.1 Å². The number of nitrogens with one attached hydrogen (secondary N) is 1. The molecule has 1 fully saturated rings. The molecule has 2 aliphatic rings. The fraction of sp³-hybridized carbons (Fsp3) is 0.318. The van der Waals surface area contributed by atoms with Crippen molar-refractivity contribution >= 4 is 40.5 Å². The number of benzene rings is 1. The van der Waals surface area contributed by atoms with Crippen molar-refractivity contribution in [2.24, 2.45) is 15.7 Å². The Morgan fingerprint density at radius 3 is 2.65 bits per heavy atom. The van der Waals surface area contributed by atoms with Gasteiger partial charge in [-0.3, -0.25) is 9.98 Å². The summed E-state index contributed by atoms with van der Waals surface area (Å²) in [4.78, 5) is 23.8. The molecule has 0 bridgehead atoms. The molecule has 2 aromatic heterocycles. The lowest BCUT2D eigenvalue weighted by atomic mass is 10.1. The van der Waals surface area contributed by atoms with Gasteiger partial charge in [-0.2, -0.15) is 18.2 Å². The number of hydrogen-bond donors (Lipinski definition) is 2. The predicted molar refractivity (Wildman–Crippen MR) is 123 cm³/mol. The highest BCUT2D eigenvalue weighted by Crippen LogP contribution is 2.34. The van der Waals surface area contributed by atoms with Crippen LogP contribution in [0.4, 0.5) is 30.6 Å². The highest BCUT2D eigenvalue weighted by atomic mass is 19.4. The van der Waals surface area contributed by atoms with Crippen LogP contribution in [0.15, 0.2) is 46.5 Å². The van der Waals surface area contributed by atoms with Gasteiger partial charge in [0.05, 0.1) is 48.1 Å². The van der Waals surface area contributed by atoms with Gasteiger partial charge in [0.15, 0.2) is 0 Å². The number of guanidine groups is 1. The molecule has 1 atom stereocenters. The van der Waals surface area contributed by atoms with Gasteiger partial charge in [0, 0.05) is 37.0 Å². The van der Waals surface area contributed by atoms with Gasteiger partial charge in [0.25, 0.3) is 0 Å². The Labute approximate surface area is 192 Å². The second-order valence-corrected chi connectivity index (χ2v) is 7.87. The Bertz CT molecular complexity index is 1270. The molecule has 5 rings (SSSR count). The summed E-state index contributed by atoms with van der Waals surface area (Å²) in [7, 11) is 0. The lowest BCUT2D eigenvalue weighted by molar-refractivity contribution is -0.137. The van der Waals surface area contributed by atoms with Gasteiger partial charge in [-0.25, -0.2) is 9.98 Å². The molecule has 0 saturated carbocycles. The van der Waals surface area contributed by atoms with E-state index in [0.717, 1.165) is 12.1 Å². The Morgan fingerprint density at radius 1 is 1.09 bits per heavy atom. The summed E-state index contributed by atoms with van der Waals surface area (Å²) in [5.74, 6) is 0.934. The van der Waals surface area contributed by atoms with Crippen LogP contribution in [-0.2, 0) is 10.9 Å². The van der Waals surface area contributed by atoms with Crippen molar-refractivity contribution in [1.82, 2.24) is 15.0 Å². The predicted octanol–water partition coefficient (Wildman–Crippen LogP) is 3.11. The zero-order valence-corrected chi connectivity index (χ0v) is 18.0. The van der Waals surface area contributed by atoms with Crippen molar-refractivity contribution < 1.29 is 17.9 Å². The molecule has 3 N–H and O–H groups in total. The number of alkyl halides is 3. The average Bonchev–Trinajstić information content (AvgIpc) is 2.84. The molecule has 1 unspecified atom stereocenters. The van der Waals surface area contributed by atoms with Crippen molar-refractivity contribution in [3.63, 3.8) is 0 Å². The standard InChI is InChI=1S/C22H21F3N8O/c23-22(24,25)14-1-2-16-15(9-14)17(3-4-27-16)30-19-10-18(13-11-28-20(26)29-12-13)31-21(32-19)33-5-7-34-8-6-33/h1-4,9-11,13H,5-8,12H2,(H2,26,29)(H,27,30,31,32). The van der Waals surface area contributed by atoms with E-state index in [4.69, 9.17) is 15.5 Å². The van der Waals surface area contributed by atoms with Crippen LogP contribution in [-0.4, -0.2) is 60.0 Å². The van der Waals surface area contributed by atoms with Crippen LogP contribution in [0.5, 0.6) is 0 Å². The van der Waals surface area contributed by atoms with Crippen molar-refractivity contribution in [2.75, 3.05) is 43.1 Å². The molecule has 0 amide bonds. The van der Waals surface area contributed by atoms with Gasteiger partial charge < -0.3 is 20.7 Å². The van der Waals surface area contributed by atoms with E-state index in [1.165, 1.54) is 12.3 Å². The van der Waals surface area contributed by atoms with Gasteiger partial charge >= 0.3 is 6.18 Å². The van der Waals surface area contributed by atoms with Gasteiger partial charge in [0.1, 0.15) is 5.82 Å². The Kier molecular flexibility index (Phi) is 5.74. The zero-order chi connectivity index (χ0) is 23.7. The normalized spacial score (nSPS) is 18.7. The molecule has 34 heavy (non-hydrogen) atoms. The molecule has 2 aliphatic heterocycles. The van der Waals surface area contributed by atoms with E-state index in [2.05, 4.69) is 25.3 Å². The van der Waals surface area contributed by atoms with Gasteiger partial charge in [0.2, 0.25) is 11.9 Å². The minimum absolute atomic E-state index is 0.207. The first kappa shape index (κ1) is 22.0. The number of aliphatic imine (C=N–C) groups is 2. The van der Waals surface area contributed by atoms with E-state index in [1.807, 2.05) is 4.90 Å². The third-order valence-corrected chi connectivity index (χ3v) is 5.58. The SMILES string of the molecule is NC1=NCC(c2cc(Nc3ccnc4ccc(C(F)(F)F)cc34)nc(N3CCOCC3)n2)C=N1. The van der Waals surface area contributed by atoms with E-state index >= 15 is 0 Å². The third kappa shape index (κ3) is 4.62. The molecule has 1 saturated heterocycles. The van der Waals surface area contributed by atoms with E-state index in [-0.39, 0.29) is 11.9 Å². The number of rotatable bonds is 4. The molecule has 0 radical (unpaired) electrons. The molecule has 0 aliphatic carbocycles. The number of nitrogens with two attached hydrogens (primary N) is 1. The van der Waals surface area contributed by atoms with Crippen LogP contribution < -0.4 is 16.0 Å². The van der Waals surface area contributed by atoms with E-state index in [1.54, 1.807) is 18.3 Å². The molecule has 3 aromatic rings. The van der Waals surface area contributed by atoms with E-state index < -0.39 is 11.7 Å². The van der Waals surface area contributed by atoms with Crippen LogP contribution in [0.25, 0.3) is 10.9 Å². The fourth-order valence-electron chi connectivity index (χ4n) is 3.80. The van der Waals surface area contributed by atoms with Gasteiger partial charge in [-0.15, -0.1) is 0 Å². The second-order valence-electron chi connectivity index (χ2n) is 7.87. The number of ether oxygens (including phenoxy) is 1.